The Bertz CT molecular complexity index is 219. The lowest BCUT2D eigenvalue weighted by Crippen LogP contribution is -2.65. The quantitative estimate of drug-likeness (QED) is 0.775. The summed E-state index contributed by atoms with van der Waals surface area (Å²) in [6.07, 6.45) is 6.18. The molecule has 1 fully saturated rings. The molecule has 0 aliphatic heterocycles. The van der Waals surface area contributed by atoms with E-state index < -0.39 is 11.1 Å². The van der Waals surface area contributed by atoms with Crippen molar-refractivity contribution in [1.29, 1.82) is 0 Å². The van der Waals surface area contributed by atoms with Gasteiger partial charge in [-0.15, -0.1) is 0 Å². The second-order valence-corrected chi connectivity index (χ2v) is 6.39. The van der Waals surface area contributed by atoms with Crippen molar-refractivity contribution in [3.63, 3.8) is 0 Å². The van der Waals surface area contributed by atoms with E-state index in [2.05, 4.69) is 27.7 Å². The molecule has 1 aliphatic carbocycles. The smallest absolute Gasteiger partial charge is 0.0828 e. The monoisotopic (exact) mass is 227 g/mol. The van der Waals surface area contributed by atoms with Crippen LogP contribution in [-0.4, -0.2) is 16.2 Å². The van der Waals surface area contributed by atoms with Crippen molar-refractivity contribution in [3.05, 3.63) is 0 Å². The van der Waals surface area contributed by atoms with Crippen molar-refractivity contribution < 1.29 is 5.11 Å². The van der Waals surface area contributed by atoms with E-state index in [0.29, 0.717) is 11.8 Å². The van der Waals surface area contributed by atoms with Gasteiger partial charge in [0, 0.05) is 5.54 Å². The van der Waals surface area contributed by atoms with Crippen LogP contribution in [0.3, 0.4) is 0 Å². The summed E-state index contributed by atoms with van der Waals surface area (Å²) in [4.78, 5) is 0. The van der Waals surface area contributed by atoms with Crippen LogP contribution in [0.2, 0.25) is 0 Å². The van der Waals surface area contributed by atoms with Crippen LogP contribution < -0.4 is 5.73 Å². The van der Waals surface area contributed by atoms with Gasteiger partial charge in [0.15, 0.2) is 0 Å². The van der Waals surface area contributed by atoms with Gasteiger partial charge in [0.2, 0.25) is 0 Å². The van der Waals surface area contributed by atoms with Gasteiger partial charge in [0.25, 0.3) is 0 Å². The van der Waals surface area contributed by atoms with Crippen molar-refractivity contribution in [2.24, 2.45) is 17.6 Å². The molecular formula is C14H29NO. The van der Waals surface area contributed by atoms with E-state index in [-0.39, 0.29) is 0 Å². The molecule has 0 bridgehead atoms. The van der Waals surface area contributed by atoms with E-state index in [0.717, 1.165) is 32.1 Å². The third-order valence-electron chi connectivity index (χ3n) is 4.32. The molecule has 0 saturated heterocycles. The molecular weight excluding hydrogens is 198 g/mol. The predicted octanol–water partition coefficient (Wildman–Crippen LogP) is 3.08. The topological polar surface area (TPSA) is 46.2 Å². The zero-order valence-corrected chi connectivity index (χ0v) is 11.4. The fourth-order valence-electron chi connectivity index (χ4n) is 3.24. The van der Waals surface area contributed by atoms with E-state index in [9.17, 15) is 5.11 Å². The molecule has 0 heterocycles. The van der Waals surface area contributed by atoms with E-state index in [1.54, 1.807) is 0 Å². The van der Waals surface area contributed by atoms with Crippen molar-refractivity contribution >= 4 is 0 Å². The highest BCUT2D eigenvalue weighted by Gasteiger charge is 2.49. The standard InChI is InChI=1S/C14H29NO/c1-11(2)10-14(15,12(3)4)13(16)8-6-5-7-9-13/h11-12,16H,5-10,15H2,1-4H3. The lowest BCUT2D eigenvalue weighted by molar-refractivity contribution is -0.0896. The SMILES string of the molecule is CC(C)CC(N)(C(C)C)C1(O)CCCCC1. The molecule has 0 spiro atoms. The maximum Gasteiger partial charge on any atom is 0.0828 e. The van der Waals surface area contributed by atoms with E-state index in [4.69, 9.17) is 5.73 Å². The molecule has 0 radical (unpaired) electrons. The molecule has 1 aliphatic rings. The molecule has 0 aromatic carbocycles. The molecule has 3 N–H and O–H groups in total. The van der Waals surface area contributed by atoms with E-state index >= 15 is 0 Å². The molecule has 1 rings (SSSR count). The molecule has 96 valence electrons. The van der Waals surface area contributed by atoms with Crippen LogP contribution in [0, 0.1) is 11.8 Å². The van der Waals surface area contributed by atoms with Crippen LogP contribution in [0.15, 0.2) is 0 Å². The van der Waals surface area contributed by atoms with Crippen LogP contribution in [0.1, 0.15) is 66.2 Å². The van der Waals surface area contributed by atoms with Crippen molar-refractivity contribution in [1.82, 2.24) is 0 Å². The number of hydrogen-bond donors (Lipinski definition) is 2. The Morgan fingerprint density at radius 3 is 2.00 bits per heavy atom. The molecule has 2 heteroatoms. The molecule has 2 nitrogen and oxygen atoms in total. The molecule has 1 atom stereocenters. The summed E-state index contributed by atoms with van der Waals surface area (Å²) in [5.41, 5.74) is 5.55. The lowest BCUT2D eigenvalue weighted by Gasteiger charge is -2.50. The first-order valence-electron chi connectivity index (χ1n) is 6.83. The van der Waals surface area contributed by atoms with Gasteiger partial charge in [-0.2, -0.15) is 0 Å². The lowest BCUT2D eigenvalue weighted by atomic mass is 9.63. The van der Waals surface area contributed by atoms with Gasteiger partial charge < -0.3 is 10.8 Å². The molecule has 1 saturated carbocycles. The Kier molecular flexibility index (Phi) is 4.42. The minimum atomic E-state index is -0.635. The Hall–Kier alpha value is -0.0800. The number of hydrogen-bond acceptors (Lipinski definition) is 2. The highest BCUT2D eigenvalue weighted by molar-refractivity contribution is 5.06. The molecule has 0 aromatic rings. The zero-order valence-electron chi connectivity index (χ0n) is 11.4. The predicted molar refractivity (Wildman–Crippen MR) is 69.2 cm³/mol. The normalized spacial score (nSPS) is 24.8. The van der Waals surface area contributed by atoms with Crippen molar-refractivity contribution in [3.8, 4) is 0 Å². The molecule has 0 aromatic heterocycles. The van der Waals surface area contributed by atoms with Gasteiger partial charge >= 0.3 is 0 Å². The van der Waals surface area contributed by atoms with Crippen LogP contribution in [0.5, 0.6) is 0 Å². The van der Waals surface area contributed by atoms with Gasteiger partial charge in [0.05, 0.1) is 5.60 Å². The summed E-state index contributed by atoms with van der Waals surface area (Å²) in [6, 6.07) is 0. The van der Waals surface area contributed by atoms with Gasteiger partial charge in [-0.05, 0) is 31.1 Å². The summed E-state index contributed by atoms with van der Waals surface area (Å²) >= 11 is 0. The largest absolute Gasteiger partial charge is 0.388 e. The van der Waals surface area contributed by atoms with Crippen molar-refractivity contribution in [2.75, 3.05) is 0 Å². The van der Waals surface area contributed by atoms with Crippen LogP contribution in [-0.2, 0) is 0 Å². The van der Waals surface area contributed by atoms with Crippen LogP contribution in [0.4, 0.5) is 0 Å². The fraction of sp³-hybridized carbons (Fsp3) is 1.00. The van der Waals surface area contributed by atoms with Crippen LogP contribution in [0.25, 0.3) is 0 Å². The van der Waals surface area contributed by atoms with E-state index in [1.165, 1.54) is 6.42 Å². The molecule has 1 unspecified atom stereocenters. The maximum absolute atomic E-state index is 10.9. The minimum absolute atomic E-state index is 0.331. The number of rotatable bonds is 4. The summed E-state index contributed by atoms with van der Waals surface area (Å²) in [7, 11) is 0. The second kappa shape index (κ2) is 5.05. The minimum Gasteiger partial charge on any atom is -0.388 e. The zero-order chi connectivity index (χ0) is 12.4. The first-order chi connectivity index (χ1) is 7.32. The van der Waals surface area contributed by atoms with E-state index in [1.807, 2.05) is 0 Å². The third-order valence-corrected chi connectivity index (χ3v) is 4.32. The highest BCUT2D eigenvalue weighted by Crippen LogP contribution is 2.42. The highest BCUT2D eigenvalue weighted by atomic mass is 16.3. The fourth-order valence-corrected chi connectivity index (χ4v) is 3.24. The van der Waals surface area contributed by atoms with Gasteiger partial charge in [-0.1, -0.05) is 47.0 Å². The van der Waals surface area contributed by atoms with Gasteiger partial charge in [-0.25, -0.2) is 0 Å². The molecule has 0 amide bonds. The van der Waals surface area contributed by atoms with Crippen molar-refractivity contribution in [2.45, 2.75) is 77.4 Å². The average molecular weight is 227 g/mol. The number of aliphatic hydroxyl groups is 1. The Balaban J connectivity index is 2.90. The summed E-state index contributed by atoms with van der Waals surface area (Å²) in [5.74, 6) is 0.872. The molecule has 16 heavy (non-hydrogen) atoms. The number of nitrogens with two attached hydrogens (primary N) is 1. The first-order valence-corrected chi connectivity index (χ1v) is 6.83. The Morgan fingerprint density at radius 2 is 1.62 bits per heavy atom. The van der Waals surface area contributed by atoms with Crippen LogP contribution >= 0.6 is 0 Å². The third kappa shape index (κ3) is 2.60. The second-order valence-electron chi connectivity index (χ2n) is 6.39. The Morgan fingerprint density at radius 1 is 1.12 bits per heavy atom. The Labute approximate surface area is 101 Å². The summed E-state index contributed by atoms with van der Waals surface area (Å²) in [5, 5.41) is 10.9. The van der Waals surface area contributed by atoms with Gasteiger partial charge in [0.1, 0.15) is 0 Å². The average Bonchev–Trinajstić information content (AvgIpc) is 2.17. The van der Waals surface area contributed by atoms with Gasteiger partial charge in [-0.3, -0.25) is 0 Å². The summed E-state index contributed by atoms with van der Waals surface area (Å²) < 4.78 is 0. The first kappa shape index (κ1) is 14.0. The summed E-state index contributed by atoms with van der Waals surface area (Å²) in [6.45, 7) is 8.68. The maximum atomic E-state index is 10.9.